The first-order valence-corrected chi connectivity index (χ1v) is 9.05. The van der Waals surface area contributed by atoms with Gasteiger partial charge in [0.2, 0.25) is 11.8 Å². The van der Waals surface area contributed by atoms with E-state index in [-0.39, 0.29) is 18.5 Å². The van der Waals surface area contributed by atoms with E-state index in [9.17, 15) is 4.79 Å². The summed E-state index contributed by atoms with van der Waals surface area (Å²) in [5, 5.41) is 11.2. The van der Waals surface area contributed by atoms with E-state index in [4.69, 9.17) is 8.83 Å². The Bertz CT molecular complexity index is 1030. The van der Waals surface area contributed by atoms with Gasteiger partial charge in [0.05, 0.1) is 6.26 Å². The van der Waals surface area contributed by atoms with Crippen LogP contribution in [-0.4, -0.2) is 26.7 Å². The third-order valence-corrected chi connectivity index (χ3v) is 4.30. The maximum Gasteiger partial charge on any atom is 0.264 e. The number of benzene rings is 1. The molecule has 0 bridgehead atoms. The molecule has 1 amide bonds. The van der Waals surface area contributed by atoms with Crippen molar-refractivity contribution in [2.24, 2.45) is 0 Å². The van der Waals surface area contributed by atoms with Crippen molar-refractivity contribution in [3.05, 3.63) is 72.8 Å². The standard InChI is InChI=1S/C21H20N4O3/c1-15(13-17-9-6-12-27-17)22-19(26)14-25-11-5-10-18(25)21-24-23-20(28-21)16-7-3-2-4-8-16/h2-12,15H,13-14H2,1H3,(H,22,26)/t15-/m0/s1. The molecule has 0 aliphatic carbocycles. The summed E-state index contributed by atoms with van der Waals surface area (Å²) in [6.07, 6.45) is 4.09. The smallest absolute Gasteiger partial charge is 0.264 e. The monoisotopic (exact) mass is 376 g/mol. The Morgan fingerprint density at radius 2 is 1.89 bits per heavy atom. The molecule has 0 unspecified atom stereocenters. The van der Waals surface area contributed by atoms with Crippen molar-refractivity contribution in [3.8, 4) is 23.0 Å². The maximum atomic E-state index is 12.4. The van der Waals surface area contributed by atoms with Crippen LogP contribution in [0.15, 0.2) is 75.9 Å². The third kappa shape index (κ3) is 4.03. The average Bonchev–Trinajstić information content (AvgIpc) is 3.43. The predicted octanol–water partition coefficient (Wildman–Crippen LogP) is 3.55. The number of furan rings is 1. The van der Waals surface area contributed by atoms with Crippen LogP contribution in [0.25, 0.3) is 23.0 Å². The summed E-state index contributed by atoms with van der Waals surface area (Å²) in [6.45, 7) is 2.11. The lowest BCUT2D eigenvalue weighted by Gasteiger charge is -2.13. The molecule has 1 atom stereocenters. The number of carbonyl (C=O) groups is 1. The molecule has 0 saturated carbocycles. The largest absolute Gasteiger partial charge is 0.469 e. The minimum atomic E-state index is -0.0979. The summed E-state index contributed by atoms with van der Waals surface area (Å²) >= 11 is 0. The first-order chi connectivity index (χ1) is 13.7. The molecule has 1 aromatic carbocycles. The third-order valence-electron chi connectivity index (χ3n) is 4.30. The molecule has 7 nitrogen and oxygen atoms in total. The molecule has 0 radical (unpaired) electrons. The number of nitrogens with one attached hydrogen (secondary N) is 1. The fourth-order valence-corrected chi connectivity index (χ4v) is 3.03. The topological polar surface area (TPSA) is 86.1 Å². The molecule has 7 heteroatoms. The number of nitrogens with zero attached hydrogens (tertiary/aromatic N) is 3. The second kappa shape index (κ2) is 7.96. The fraction of sp³-hybridized carbons (Fsp3) is 0.190. The maximum absolute atomic E-state index is 12.4. The van der Waals surface area contributed by atoms with E-state index < -0.39 is 0 Å². The van der Waals surface area contributed by atoms with Gasteiger partial charge in [0.15, 0.2) is 0 Å². The Balaban J connectivity index is 1.43. The molecule has 4 rings (SSSR count). The Labute approximate surface area is 162 Å². The SMILES string of the molecule is C[C@@H](Cc1ccco1)NC(=O)Cn1cccc1-c1nnc(-c2ccccc2)o1. The lowest BCUT2D eigenvalue weighted by Crippen LogP contribution is -2.36. The molecule has 0 aliphatic rings. The van der Waals surface area contributed by atoms with Crippen LogP contribution in [0.2, 0.25) is 0 Å². The Kier molecular flexibility index (Phi) is 5.05. The lowest BCUT2D eigenvalue weighted by molar-refractivity contribution is -0.122. The summed E-state index contributed by atoms with van der Waals surface area (Å²) < 4.78 is 12.9. The van der Waals surface area contributed by atoms with Gasteiger partial charge in [-0.2, -0.15) is 0 Å². The Hall–Kier alpha value is -3.61. The normalized spacial score (nSPS) is 12.0. The van der Waals surface area contributed by atoms with Gasteiger partial charge in [-0.3, -0.25) is 4.79 Å². The lowest BCUT2D eigenvalue weighted by atomic mass is 10.2. The summed E-state index contributed by atoms with van der Waals surface area (Å²) in [5.74, 6) is 1.56. The van der Waals surface area contributed by atoms with Gasteiger partial charge in [0.1, 0.15) is 18.0 Å². The average molecular weight is 376 g/mol. The van der Waals surface area contributed by atoms with Crippen molar-refractivity contribution in [1.82, 2.24) is 20.1 Å². The van der Waals surface area contributed by atoms with Gasteiger partial charge in [0, 0.05) is 24.2 Å². The van der Waals surface area contributed by atoms with Gasteiger partial charge in [-0.1, -0.05) is 18.2 Å². The number of hydrogen-bond donors (Lipinski definition) is 1. The van der Waals surface area contributed by atoms with Gasteiger partial charge in [-0.05, 0) is 43.3 Å². The number of hydrogen-bond acceptors (Lipinski definition) is 5. The zero-order valence-electron chi connectivity index (χ0n) is 15.4. The molecular formula is C21H20N4O3. The molecule has 4 aromatic rings. The molecule has 0 fully saturated rings. The second-order valence-corrected chi connectivity index (χ2v) is 6.55. The van der Waals surface area contributed by atoms with Crippen molar-refractivity contribution >= 4 is 5.91 Å². The van der Waals surface area contributed by atoms with Crippen molar-refractivity contribution in [2.75, 3.05) is 0 Å². The minimum absolute atomic E-state index is 0.0363. The quantitative estimate of drug-likeness (QED) is 0.533. The Morgan fingerprint density at radius 3 is 2.68 bits per heavy atom. The highest BCUT2D eigenvalue weighted by atomic mass is 16.4. The summed E-state index contributed by atoms with van der Waals surface area (Å²) in [6, 6.07) is 17.0. The van der Waals surface area contributed by atoms with Crippen molar-refractivity contribution in [2.45, 2.75) is 25.9 Å². The molecule has 0 spiro atoms. The molecule has 142 valence electrons. The predicted molar refractivity (Wildman–Crippen MR) is 103 cm³/mol. The molecule has 0 aliphatic heterocycles. The van der Waals surface area contributed by atoms with Crippen LogP contribution in [0.5, 0.6) is 0 Å². The fourth-order valence-electron chi connectivity index (χ4n) is 3.03. The van der Waals surface area contributed by atoms with Crippen LogP contribution in [-0.2, 0) is 17.8 Å². The number of amides is 1. The van der Waals surface area contributed by atoms with E-state index in [1.807, 2.05) is 67.7 Å². The van der Waals surface area contributed by atoms with Crippen LogP contribution < -0.4 is 5.32 Å². The summed E-state index contributed by atoms with van der Waals surface area (Å²) in [4.78, 5) is 12.4. The van der Waals surface area contributed by atoms with Crippen LogP contribution in [0, 0.1) is 0 Å². The highest BCUT2D eigenvalue weighted by Crippen LogP contribution is 2.24. The van der Waals surface area contributed by atoms with E-state index in [1.165, 1.54) is 0 Å². The number of rotatable bonds is 7. The van der Waals surface area contributed by atoms with Crippen LogP contribution in [0.3, 0.4) is 0 Å². The van der Waals surface area contributed by atoms with Crippen LogP contribution in [0.1, 0.15) is 12.7 Å². The van der Waals surface area contributed by atoms with E-state index >= 15 is 0 Å². The first kappa shape index (κ1) is 17.8. The number of carbonyl (C=O) groups excluding carboxylic acids is 1. The van der Waals surface area contributed by atoms with Crippen molar-refractivity contribution in [1.29, 1.82) is 0 Å². The van der Waals surface area contributed by atoms with E-state index in [1.54, 1.807) is 10.8 Å². The zero-order valence-corrected chi connectivity index (χ0v) is 15.4. The van der Waals surface area contributed by atoms with Crippen molar-refractivity contribution < 1.29 is 13.6 Å². The minimum Gasteiger partial charge on any atom is -0.469 e. The van der Waals surface area contributed by atoms with Crippen molar-refractivity contribution in [3.63, 3.8) is 0 Å². The van der Waals surface area contributed by atoms with Gasteiger partial charge >= 0.3 is 0 Å². The highest BCUT2D eigenvalue weighted by molar-refractivity contribution is 5.76. The van der Waals surface area contributed by atoms with Gasteiger partial charge in [-0.15, -0.1) is 10.2 Å². The Morgan fingerprint density at radius 1 is 1.07 bits per heavy atom. The van der Waals surface area contributed by atoms with Crippen LogP contribution in [0.4, 0.5) is 0 Å². The first-order valence-electron chi connectivity index (χ1n) is 9.05. The molecular weight excluding hydrogens is 356 g/mol. The van der Waals surface area contributed by atoms with Gasteiger partial charge < -0.3 is 18.7 Å². The van der Waals surface area contributed by atoms with E-state index in [0.29, 0.717) is 23.9 Å². The summed E-state index contributed by atoms with van der Waals surface area (Å²) in [7, 11) is 0. The summed E-state index contributed by atoms with van der Waals surface area (Å²) in [5.41, 5.74) is 1.55. The van der Waals surface area contributed by atoms with Gasteiger partial charge in [0.25, 0.3) is 5.89 Å². The molecule has 1 N–H and O–H groups in total. The molecule has 3 aromatic heterocycles. The second-order valence-electron chi connectivity index (χ2n) is 6.55. The van der Waals surface area contributed by atoms with E-state index in [2.05, 4.69) is 15.5 Å². The number of aromatic nitrogens is 3. The van der Waals surface area contributed by atoms with Crippen LogP contribution >= 0.6 is 0 Å². The van der Waals surface area contributed by atoms with E-state index in [0.717, 1.165) is 11.3 Å². The zero-order chi connectivity index (χ0) is 19.3. The molecule has 28 heavy (non-hydrogen) atoms. The molecule has 3 heterocycles. The highest BCUT2D eigenvalue weighted by Gasteiger charge is 2.16. The van der Waals surface area contributed by atoms with Gasteiger partial charge in [-0.25, -0.2) is 0 Å². The molecule has 0 saturated heterocycles.